The Balaban J connectivity index is 2.00. The molecule has 0 saturated carbocycles. The molecule has 0 saturated heterocycles. The van der Waals surface area contributed by atoms with Crippen molar-refractivity contribution < 1.29 is 4.42 Å². The second-order valence-electron chi connectivity index (χ2n) is 4.17. The molecule has 5 heteroatoms. The third-order valence-electron chi connectivity index (χ3n) is 2.62. The highest BCUT2D eigenvalue weighted by atomic mass is 16.4. The molecule has 0 amide bonds. The lowest BCUT2D eigenvalue weighted by Gasteiger charge is -1.99. The standard InChI is InChI=1S/C13H18N4O/c1-3-7-14-9-6-11-16-17-13(18-11)12-10(2)5-4-8-15-12/h4-5,8,14H,3,6-7,9H2,1-2H3. The third kappa shape index (κ3) is 3.13. The van der Waals surface area contributed by atoms with Crippen molar-refractivity contribution in [1.82, 2.24) is 20.5 Å². The van der Waals surface area contributed by atoms with E-state index in [0.717, 1.165) is 37.2 Å². The van der Waals surface area contributed by atoms with Gasteiger partial charge in [-0.25, -0.2) is 0 Å². The summed E-state index contributed by atoms with van der Waals surface area (Å²) < 4.78 is 5.61. The fourth-order valence-corrected chi connectivity index (χ4v) is 1.66. The summed E-state index contributed by atoms with van der Waals surface area (Å²) in [5.74, 6) is 1.15. The zero-order valence-corrected chi connectivity index (χ0v) is 10.8. The smallest absolute Gasteiger partial charge is 0.266 e. The zero-order chi connectivity index (χ0) is 12.8. The average Bonchev–Trinajstić information content (AvgIpc) is 2.84. The summed E-state index contributed by atoms with van der Waals surface area (Å²) in [6, 6.07) is 3.87. The van der Waals surface area contributed by atoms with E-state index in [9.17, 15) is 0 Å². The topological polar surface area (TPSA) is 63.8 Å². The van der Waals surface area contributed by atoms with E-state index in [1.807, 2.05) is 19.1 Å². The Labute approximate surface area is 107 Å². The Morgan fingerprint density at radius 3 is 2.94 bits per heavy atom. The van der Waals surface area contributed by atoms with E-state index < -0.39 is 0 Å². The van der Waals surface area contributed by atoms with Gasteiger partial charge in [-0.2, -0.15) is 0 Å². The van der Waals surface area contributed by atoms with Crippen molar-refractivity contribution in [2.45, 2.75) is 26.7 Å². The second-order valence-corrected chi connectivity index (χ2v) is 4.17. The number of hydrogen-bond acceptors (Lipinski definition) is 5. The molecule has 0 bridgehead atoms. The lowest BCUT2D eigenvalue weighted by atomic mass is 10.2. The first kappa shape index (κ1) is 12.7. The first-order valence-corrected chi connectivity index (χ1v) is 6.26. The van der Waals surface area contributed by atoms with Gasteiger partial charge in [0.2, 0.25) is 5.89 Å². The van der Waals surface area contributed by atoms with E-state index in [0.29, 0.717) is 11.8 Å². The van der Waals surface area contributed by atoms with Gasteiger partial charge in [0.05, 0.1) is 0 Å². The average molecular weight is 246 g/mol. The largest absolute Gasteiger partial charge is 0.419 e. The minimum atomic E-state index is 0.499. The molecular formula is C13H18N4O. The Morgan fingerprint density at radius 2 is 2.17 bits per heavy atom. The maximum atomic E-state index is 5.61. The van der Waals surface area contributed by atoms with Crippen LogP contribution in [0.1, 0.15) is 24.8 Å². The molecule has 0 radical (unpaired) electrons. The van der Waals surface area contributed by atoms with Crippen molar-refractivity contribution in [2.24, 2.45) is 0 Å². The monoisotopic (exact) mass is 246 g/mol. The van der Waals surface area contributed by atoms with Crippen LogP contribution in [0.4, 0.5) is 0 Å². The van der Waals surface area contributed by atoms with E-state index in [-0.39, 0.29) is 0 Å². The quantitative estimate of drug-likeness (QED) is 0.790. The molecule has 0 aliphatic rings. The third-order valence-corrected chi connectivity index (χ3v) is 2.62. The van der Waals surface area contributed by atoms with E-state index in [1.54, 1.807) is 6.20 Å². The Morgan fingerprint density at radius 1 is 1.28 bits per heavy atom. The number of aromatic nitrogens is 3. The molecule has 2 aromatic heterocycles. The highest BCUT2D eigenvalue weighted by Crippen LogP contribution is 2.18. The lowest BCUT2D eigenvalue weighted by Crippen LogP contribution is -2.17. The number of rotatable bonds is 6. The van der Waals surface area contributed by atoms with E-state index in [1.165, 1.54) is 0 Å². The molecule has 0 aliphatic carbocycles. The molecule has 2 aromatic rings. The molecular weight excluding hydrogens is 228 g/mol. The van der Waals surface area contributed by atoms with Gasteiger partial charge >= 0.3 is 0 Å². The normalized spacial score (nSPS) is 10.8. The summed E-state index contributed by atoms with van der Waals surface area (Å²) in [5.41, 5.74) is 1.80. The maximum Gasteiger partial charge on any atom is 0.266 e. The van der Waals surface area contributed by atoms with Crippen LogP contribution in [0, 0.1) is 6.92 Å². The summed E-state index contributed by atoms with van der Waals surface area (Å²) in [7, 11) is 0. The molecule has 0 aliphatic heterocycles. The Bertz CT molecular complexity index is 495. The van der Waals surface area contributed by atoms with Gasteiger partial charge in [0.1, 0.15) is 5.69 Å². The fraction of sp³-hybridized carbons (Fsp3) is 0.462. The molecule has 0 spiro atoms. The first-order valence-electron chi connectivity index (χ1n) is 6.26. The minimum Gasteiger partial charge on any atom is -0.419 e. The van der Waals surface area contributed by atoms with Crippen molar-refractivity contribution in [2.75, 3.05) is 13.1 Å². The van der Waals surface area contributed by atoms with Crippen molar-refractivity contribution in [1.29, 1.82) is 0 Å². The van der Waals surface area contributed by atoms with Crippen LogP contribution < -0.4 is 5.32 Å². The van der Waals surface area contributed by atoms with Gasteiger partial charge in [-0.3, -0.25) is 4.98 Å². The highest BCUT2D eigenvalue weighted by Gasteiger charge is 2.11. The second kappa shape index (κ2) is 6.26. The molecule has 2 rings (SSSR count). The fourth-order valence-electron chi connectivity index (χ4n) is 1.66. The zero-order valence-electron chi connectivity index (χ0n) is 10.8. The van der Waals surface area contributed by atoms with Crippen LogP contribution in [0.25, 0.3) is 11.6 Å². The predicted octanol–water partition coefficient (Wildman–Crippen LogP) is 1.98. The molecule has 0 atom stereocenters. The van der Waals surface area contributed by atoms with Gasteiger partial charge in [0.15, 0.2) is 0 Å². The van der Waals surface area contributed by atoms with Gasteiger partial charge < -0.3 is 9.73 Å². The van der Waals surface area contributed by atoms with Gasteiger partial charge in [-0.05, 0) is 31.5 Å². The molecule has 0 unspecified atom stereocenters. The summed E-state index contributed by atoms with van der Waals surface area (Å²) in [5, 5.41) is 11.4. The molecule has 0 fully saturated rings. The number of nitrogens with one attached hydrogen (secondary N) is 1. The Hall–Kier alpha value is -1.75. The van der Waals surface area contributed by atoms with Gasteiger partial charge in [0, 0.05) is 19.2 Å². The molecule has 5 nitrogen and oxygen atoms in total. The van der Waals surface area contributed by atoms with Gasteiger partial charge in [0.25, 0.3) is 5.89 Å². The van der Waals surface area contributed by atoms with Crippen LogP contribution in [0.2, 0.25) is 0 Å². The van der Waals surface area contributed by atoms with E-state index >= 15 is 0 Å². The van der Waals surface area contributed by atoms with Crippen LogP contribution in [-0.2, 0) is 6.42 Å². The summed E-state index contributed by atoms with van der Waals surface area (Å²) in [6.45, 7) is 5.99. The summed E-state index contributed by atoms with van der Waals surface area (Å²) in [4.78, 5) is 4.26. The van der Waals surface area contributed by atoms with Crippen molar-refractivity contribution in [3.8, 4) is 11.6 Å². The highest BCUT2D eigenvalue weighted by molar-refractivity contribution is 5.51. The van der Waals surface area contributed by atoms with Crippen LogP contribution in [0.15, 0.2) is 22.7 Å². The van der Waals surface area contributed by atoms with Crippen molar-refractivity contribution in [3.63, 3.8) is 0 Å². The van der Waals surface area contributed by atoms with Crippen LogP contribution in [0.3, 0.4) is 0 Å². The van der Waals surface area contributed by atoms with Gasteiger partial charge in [-0.15, -0.1) is 10.2 Å². The first-order chi connectivity index (χ1) is 8.81. The lowest BCUT2D eigenvalue weighted by molar-refractivity contribution is 0.493. The molecule has 96 valence electrons. The van der Waals surface area contributed by atoms with Crippen LogP contribution in [-0.4, -0.2) is 28.3 Å². The van der Waals surface area contributed by atoms with Crippen LogP contribution >= 0.6 is 0 Å². The molecule has 1 N–H and O–H groups in total. The van der Waals surface area contributed by atoms with Crippen molar-refractivity contribution >= 4 is 0 Å². The molecule has 2 heterocycles. The minimum absolute atomic E-state index is 0.499. The van der Waals surface area contributed by atoms with Crippen LogP contribution in [0.5, 0.6) is 0 Å². The summed E-state index contributed by atoms with van der Waals surface area (Å²) >= 11 is 0. The number of aryl methyl sites for hydroxylation is 1. The van der Waals surface area contributed by atoms with E-state index in [4.69, 9.17) is 4.42 Å². The Kier molecular flexibility index (Phi) is 4.41. The van der Waals surface area contributed by atoms with E-state index in [2.05, 4.69) is 27.4 Å². The van der Waals surface area contributed by atoms with Crippen molar-refractivity contribution in [3.05, 3.63) is 29.8 Å². The maximum absolute atomic E-state index is 5.61. The van der Waals surface area contributed by atoms with Gasteiger partial charge in [-0.1, -0.05) is 13.0 Å². The number of pyridine rings is 1. The SMILES string of the molecule is CCCNCCc1nnc(-c2ncccc2C)o1. The molecule has 18 heavy (non-hydrogen) atoms. The number of hydrogen-bond donors (Lipinski definition) is 1. The molecule has 0 aromatic carbocycles. The summed E-state index contributed by atoms with van der Waals surface area (Å²) in [6.07, 6.45) is 3.61. The number of nitrogens with zero attached hydrogens (tertiary/aromatic N) is 3. The predicted molar refractivity (Wildman–Crippen MR) is 69.1 cm³/mol.